The second-order valence-electron chi connectivity index (χ2n) is 10.2. The van der Waals surface area contributed by atoms with E-state index in [1.807, 2.05) is 24.3 Å². The van der Waals surface area contributed by atoms with Gasteiger partial charge < -0.3 is 10.6 Å². The predicted octanol–water partition coefficient (Wildman–Crippen LogP) is 5.61. The quantitative estimate of drug-likeness (QED) is 0.528. The summed E-state index contributed by atoms with van der Waals surface area (Å²) in [5, 5.41) is 0. The third kappa shape index (κ3) is 6.83. The molecule has 0 bridgehead atoms. The minimum Gasteiger partial charge on any atom is -0.369 e. The molecular weight excluding hydrogens is 394 g/mol. The first-order valence-electron chi connectivity index (χ1n) is 12.2. The number of hydrogen-bond acceptors (Lipinski definition) is 3. The number of piperazine rings is 1. The summed E-state index contributed by atoms with van der Waals surface area (Å²) < 4.78 is 0. The average molecular weight is 436 g/mol. The molecule has 1 unspecified atom stereocenters. The van der Waals surface area contributed by atoms with Gasteiger partial charge in [0.1, 0.15) is 0 Å². The normalized spacial score (nSPS) is 16.2. The lowest BCUT2D eigenvalue weighted by atomic mass is 9.80. The molecule has 1 heterocycles. The van der Waals surface area contributed by atoms with Crippen molar-refractivity contribution in [3.63, 3.8) is 0 Å². The molecule has 2 aromatic rings. The SMILES string of the molecule is CCC(C)(C)CCC(CCN1CCN(c2ccc(C(N)=O)cc2)CC1)c1ccc(C)cc1. The molecule has 32 heavy (non-hydrogen) atoms. The van der Waals surface area contributed by atoms with Gasteiger partial charge in [-0.1, -0.05) is 57.0 Å². The third-order valence-corrected chi connectivity index (χ3v) is 7.36. The Morgan fingerprint density at radius 1 is 0.969 bits per heavy atom. The van der Waals surface area contributed by atoms with Crippen molar-refractivity contribution in [3.05, 3.63) is 65.2 Å². The zero-order valence-electron chi connectivity index (χ0n) is 20.4. The van der Waals surface area contributed by atoms with Crippen LogP contribution in [0.2, 0.25) is 0 Å². The Balaban J connectivity index is 1.54. The number of hydrogen-bond donors (Lipinski definition) is 1. The van der Waals surface area contributed by atoms with Gasteiger partial charge >= 0.3 is 0 Å². The molecule has 0 spiro atoms. The number of rotatable bonds is 10. The van der Waals surface area contributed by atoms with Crippen LogP contribution in [0.1, 0.15) is 73.9 Å². The van der Waals surface area contributed by atoms with Crippen LogP contribution in [0.5, 0.6) is 0 Å². The first-order chi connectivity index (χ1) is 15.3. The molecule has 1 aliphatic heterocycles. The van der Waals surface area contributed by atoms with Gasteiger partial charge in [-0.3, -0.25) is 9.69 Å². The fourth-order valence-electron chi connectivity index (χ4n) is 4.46. The van der Waals surface area contributed by atoms with Crippen molar-refractivity contribution in [3.8, 4) is 0 Å². The number of aryl methyl sites for hydroxylation is 1. The van der Waals surface area contributed by atoms with E-state index in [0.717, 1.165) is 32.7 Å². The first-order valence-corrected chi connectivity index (χ1v) is 12.2. The highest BCUT2D eigenvalue weighted by Crippen LogP contribution is 2.34. The van der Waals surface area contributed by atoms with Crippen LogP contribution < -0.4 is 10.6 Å². The van der Waals surface area contributed by atoms with E-state index in [-0.39, 0.29) is 5.91 Å². The topological polar surface area (TPSA) is 49.6 Å². The van der Waals surface area contributed by atoms with Gasteiger partial charge in [-0.05, 0) is 73.9 Å². The Kier molecular flexibility index (Phi) is 8.36. The number of primary amides is 1. The maximum Gasteiger partial charge on any atom is 0.248 e. The highest BCUT2D eigenvalue weighted by atomic mass is 16.1. The van der Waals surface area contributed by atoms with Crippen molar-refractivity contribution in [2.75, 3.05) is 37.6 Å². The minimum atomic E-state index is -0.369. The van der Waals surface area contributed by atoms with Gasteiger partial charge in [-0.2, -0.15) is 0 Å². The van der Waals surface area contributed by atoms with Crippen LogP contribution in [0.4, 0.5) is 5.69 Å². The summed E-state index contributed by atoms with van der Waals surface area (Å²) in [5.74, 6) is 0.257. The summed E-state index contributed by atoms with van der Waals surface area (Å²) in [6.45, 7) is 14.6. The summed E-state index contributed by atoms with van der Waals surface area (Å²) in [7, 11) is 0. The second kappa shape index (κ2) is 11.0. The predicted molar refractivity (Wildman–Crippen MR) is 135 cm³/mol. The Morgan fingerprint density at radius 2 is 1.59 bits per heavy atom. The van der Waals surface area contributed by atoms with Crippen LogP contribution >= 0.6 is 0 Å². The fourth-order valence-corrected chi connectivity index (χ4v) is 4.46. The highest BCUT2D eigenvalue weighted by molar-refractivity contribution is 5.93. The molecule has 4 nitrogen and oxygen atoms in total. The third-order valence-electron chi connectivity index (χ3n) is 7.36. The van der Waals surface area contributed by atoms with Gasteiger partial charge in [0.15, 0.2) is 0 Å². The van der Waals surface area contributed by atoms with Crippen molar-refractivity contribution in [2.45, 2.75) is 59.3 Å². The van der Waals surface area contributed by atoms with E-state index in [9.17, 15) is 4.79 Å². The van der Waals surface area contributed by atoms with Crippen molar-refractivity contribution in [1.82, 2.24) is 4.90 Å². The maximum atomic E-state index is 11.3. The molecule has 4 heteroatoms. The molecule has 1 amide bonds. The van der Waals surface area contributed by atoms with Crippen LogP contribution in [0.25, 0.3) is 0 Å². The number of benzene rings is 2. The molecule has 0 aliphatic carbocycles. The van der Waals surface area contributed by atoms with Gasteiger partial charge in [-0.25, -0.2) is 0 Å². The van der Waals surface area contributed by atoms with E-state index < -0.39 is 0 Å². The van der Waals surface area contributed by atoms with Crippen LogP contribution in [-0.4, -0.2) is 43.5 Å². The van der Waals surface area contributed by atoms with Gasteiger partial charge in [-0.15, -0.1) is 0 Å². The van der Waals surface area contributed by atoms with Gasteiger partial charge in [0.05, 0.1) is 0 Å². The fraction of sp³-hybridized carbons (Fsp3) is 0.536. The second-order valence-corrected chi connectivity index (χ2v) is 10.2. The maximum absolute atomic E-state index is 11.3. The first kappa shape index (κ1) is 24.3. The summed E-state index contributed by atoms with van der Waals surface area (Å²) >= 11 is 0. The lowest BCUT2D eigenvalue weighted by molar-refractivity contribution is 0.100. The molecule has 1 fully saturated rings. The van der Waals surface area contributed by atoms with Crippen molar-refractivity contribution < 1.29 is 4.79 Å². The van der Waals surface area contributed by atoms with Crippen LogP contribution in [0, 0.1) is 12.3 Å². The largest absolute Gasteiger partial charge is 0.369 e. The summed E-state index contributed by atoms with van der Waals surface area (Å²) in [6, 6.07) is 16.9. The van der Waals surface area contributed by atoms with Crippen molar-refractivity contribution in [1.29, 1.82) is 0 Å². The number of amides is 1. The van der Waals surface area contributed by atoms with Crippen LogP contribution in [0.3, 0.4) is 0 Å². The molecule has 0 radical (unpaired) electrons. The summed E-state index contributed by atoms with van der Waals surface area (Å²) in [5.41, 5.74) is 10.4. The summed E-state index contributed by atoms with van der Waals surface area (Å²) in [6.07, 6.45) is 4.99. The van der Waals surface area contributed by atoms with E-state index in [2.05, 4.69) is 61.8 Å². The Labute approximate surface area is 194 Å². The molecule has 3 rings (SSSR count). The van der Waals surface area contributed by atoms with E-state index in [0.29, 0.717) is 16.9 Å². The van der Waals surface area contributed by atoms with Crippen molar-refractivity contribution >= 4 is 11.6 Å². The monoisotopic (exact) mass is 435 g/mol. The Morgan fingerprint density at radius 3 is 2.16 bits per heavy atom. The van der Waals surface area contributed by atoms with Crippen LogP contribution in [0.15, 0.2) is 48.5 Å². The molecular formula is C28H41N3O. The average Bonchev–Trinajstić information content (AvgIpc) is 2.80. The molecule has 1 atom stereocenters. The Hall–Kier alpha value is -2.33. The number of nitrogens with zero attached hydrogens (tertiary/aromatic N) is 2. The number of carbonyl (C=O) groups excluding carboxylic acids is 1. The molecule has 2 N–H and O–H groups in total. The van der Waals surface area contributed by atoms with Gasteiger partial charge in [0.25, 0.3) is 0 Å². The lowest BCUT2D eigenvalue weighted by Gasteiger charge is -2.37. The molecule has 1 saturated heterocycles. The highest BCUT2D eigenvalue weighted by Gasteiger charge is 2.22. The zero-order valence-corrected chi connectivity index (χ0v) is 20.4. The van der Waals surface area contributed by atoms with E-state index in [4.69, 9.17) is 5.73 Å². The molecule has 174 valence electrons. The number of carbonyl (C=O) groups is 1. The van der Waals surface area contributed by atoms with E-state index in [1.165, 1.54) is 42.5 Å². The van der Waals surface area contributed by atoms with Crippen LogP contribution in [-0.2, 0) is 0 Å². The standard InChI is InChI=1S/C28H41N3O/c1-5-28(3,4)16-14-24(23-8-6-22(2)7-9-23)15-17-30-18-20-31(21-19-30)26-12-10-25(11-13-26)27(29)32/h6-13,24H,5,14-21H2,1-4H3,(H2,29,32). The molecule has 1 aliphatic rings. The van der Waals surface area contributed by atoms with Gasteiger partial charge in [0, 0.05) is 37.4 Å². The molecule has 0 aromatic heterocycles. The van der Waals surface area contributed by atoms with Crippen molar-refractivity contribution in [2.24, 2.45) is 11.1 Å². The number of nitrogens with two attached hydrogens (primary N) is 1. The lowest BCUT2D eigenvalue weighted by Crippen LogP contribution is -2.46. The molecule has 2 aromatic carbocycles. The minimum absolute atomic E-state index is 0.369. The summed E-state index contributed by atoms with van der Waals surface area (Å²) in [4.78, 5) is 16.3. The van der Waals surface area contributed by atoms with E-state index >= 15 is 0 Å². The Bertz CT molecular complexity index is 849. The van der Waals surface area contributed by atoms with Gasteiger partial charge in [0.2, 0.25) is 5.91 Å². The molecule has 0 saturated carbocycles. The number of anilines is 1. The van der Waals surface area contributed by atoms with E-state index in [1.54, 1.807) is 0 Å². The zero-order chi connectivity index (χ0) is 23.1. The smallest absolute Gasteiger partial charge is 0.248 e.